The fourth-order valence-electron chi connectivity index (χ4n) is 2.42. The van der Waals surface area contributed by atoms with E-state index in [0.29, 0.717) is 29.4 Å². The summed E-state index contributed by atoms with van der Waals surface area (Å²) in [6, 6.07) is 3.11. The number of nitrogens with two attached hydrogens (primary N) is 1. The van der Waals surface area contributed by atoms with Gasteiger partial charge in [-0.1, -0.05) is 0 Å². The molecule has 1 saturated heterocycles. The monoisotopic (exact) mass is 294 g/mol. The van der Waals surface area contributed by atoms with Crippen molar-refractivity contribution in [3.63, 3.8) is 0 Å². The van der Waals surface area contributed by atoms with Crippen LogP contribution in [-0.4, -0.2) is 51.3 Å². The molecule has 0 aliphatic carbocycles. The number of anilines is 1. The fourth-order valence-corrected chi connectivity index (χ4v) is 2.42. The van der Waals surface area contributed by atoms with Crippen LogP contribution in [0, 0.1) is 0 Å². The molecule has 0 atom stereocenters. The third-order valence-corrected chi connectivity index (χ3v) is 3.61. The average molecular weight is 294 g/mol. The zero-order valence-electron chi connectivity index (χ0n) is 12.6. The molecule has 0 amide bonds. The van der Waals surface area contributed by atoms with Crippen molar-refractivity contribution in [1.82, 2.24) is 4.90 Å². The molecule has 6 heteroatoms. The molecule has 116 valence electrons. The molecule has 1 heterocycles. The van der Waals surface area contributed by atoms with Gasteiger partial charge in [-0.25, -0.2) is 4.79 Å². The van der Waals surface area contributed by atoms with Gasteiger partial charge in [0.25, 0.3) is 0 Å². The maximum atomic E-state index is 12.1. The number of nitrogens with zero attached hydrogens (tertiary/aromatic N) is 1. The number of carbonyl (C=O) groups is 1. The summed E-state index contributed by atoms with van der Waals surface area (Å²) < 4.78 is 15.6. The van der Waals surface area contributed by atoms with E-state index in [4.69, 9.17) is 19.9 Å². The van der Waals surface area contributed by atoms with Crippen LogP contribution < -0.4 is 15.2 Å². The van der Waals surface area contributed by atoms with Crippen molar-refractivity contribution < 1.29 is 19.0 Å². The first-order valence-electron chi connectivity index (χ1n) is 7.06. The predicted molar refractivity (Wildman–Crippen MR) is 79.9 cm³/mol. The Balaban J connectivity index is 1.97. The lowest BCUT2D eigenvalue weighted by molar-refractivity contribution is 0.0473. The zero-order chi connectivity index (χ0) is 15.2. The number of benzene rings is 1. The Labute approximate surface area is 124 Å². The highest BCUT2D eigenvalue weighted by Crippen LogP contribution is 2.32. The third kappa shape index (κ3) is 3.78. The first-order valence-corrected chi connectivity index (χ1v) is 7.06. The molecule has 1 aliphatic heterocycles. The van der Waals surface area contributed by atoms with E-state index in [0.717, 1.165) is 19.6 Å². The van der Waals surface area contributed by atoms with Crippen molar-refractivity contribution in [1.29, 1.82) is 0 Å². The Hall–Kier alpha value is -1.95. The molecule has 0 radical (unpaired) electrons. The number of hydrogen-bond donors (Lipinski definition) is 1. The van der Waals surface area contributed by atoms with Crippen molar-refractivity contribution in [2.24, 2.45) is 0 Å². The second-order valence-electron chi connectivity index (χ2n) is 4.98. The van der Waals surface area contributed by atoms with Crippen LogP contribution >= 0.6 is 0 Å². The van der Waals surface area contributed by atoms with Gasteiger partial charge in [-0.05, 0) is 25.9 Å². The maximum Gasteiger partial charge on any atom is 0.340 e. The minimum Gasteiger partial charge on any atom is -0.493 e. The van der Waals surface area contributed by atoms with E-state index in [1.54, 1.807) is 12.1 Å². The Bertz CT molecular complexity index is 499. The highest BCUT2D eigenvalue weighted by Gasteiger charge is 2.17. The first-order chi connectivity index (χ1) is 10.2. The Kier molecular flexibility index (Phi) is 5.27. The molecule has 1 fully saturated rings. The molecule has 0 unspecified atom stereocenters. The van der Waals surface area contributed by atoms with Gasteiger partial charge in [0.1, 0.15) is 6.61 Å². The van der Waals surface area contributed by atoms with Crippen LogP contribution in [0.2, 0.25) is 0 Å². The third-order valence-electron chi connectivity index (χ3n) is 3.61. The Morgan fingerprint density at radius 3 is 2.43 bits per heavy atom. The SMILES string of the molecule is COc1cc(N)c(C(=O)OCCN2CCCC2)cc1OC. The molecule has 1 aromatic rings. The van der Waals surface area contributed by atoms with E-state index in [9.17, 15) is 4.79 Å². The van der Waals surface area contributed by atoms with Crippen LogP contribution in [-0.2, 0) is 4.74 Å². The van der Waals surface area contributed by atoms with Gasteiger partial charge < -0.3 is 19.9 Å². The van der Waals surface area contributed by atoms with Gasteiger partial charge in [-0.2, -0.15) is 0 Å². The molecule has 0 saturated carbocycles. The molecule has 0 spiro atoms. The van der Waals surface area contributed by atoms with Crippen LogP contribution in [0.1, 0.15) is 23.2 Å². The van der Waals surface area contributed by atoms with E-state index in [1.807, 2.05) is 0 Å². The summed E-state index contributed by atoms with van der Waals surface area (Å²) in [5, 5.41) is 0. The average Bonchev–Trinajstić information content (AvgIpc) is 3.00. The summed E-state index contributed by atoms with van der Waals surface area (Å²) in [4.78, 5) is 14.4. The van der Waals surface area contributed by atoms with Gasteiger partial charge in [0.05, 0.1) is 25.5 Å². The van der Waals surface area contributed by atoms with Crippen LogP contribution in [0.25, 0.3) is 0 Å². The minimum absolute atomic E-state index is 0.300. The highest BCUT2D eigenvalue weighted by atomic mass is 16.5. The summed E-state index contributed by atoms with van der Waals surface area (Å²) in [6.07, 6.45) is 2.44. The number of ether oxygens (including phenoxy) is 3. The summed E-state index contributed by atoms with van der Waals surface area (Å²) in [5.41, 5.74) is 6.49. The van der Waals surface area contributed by atoms with E-state index in [-0.39, 0.29) is 0 Å². The number of carbonyl (C=O) groups excluding carboxylic acids is 1. The number of nitrogen functional groups attached to an aromatic ring is 1. The first kappa shape index (κ1) is 15.4. The normalized spacial score (nSPS) is 15.0. The fraction of sp³-hybridized carbons (Fsp3) is 0.533. The topological polar surface area (TPSA) is 74.0 Å². The zero-order valence-corrected chi connectivity index (χ0v) is 12.6. The molecule has 1 aliphatic rings. The Morgan fingerprint density at radius 1 is 1.19 bits per heavy atom. The number of rotatable bonds is 6. The van der Waals surface area contributed by atoms with Crippen molar-refractivity contribution in [3.05, 3.63) is 17.7 Å². The molecular weight excluding hydrogens is 272 g/mol. The largest absolute Gasteiger partial charge is 0.493 e. The summed E-state index contributed by atoms with van der Waals surface area (Å²) in [6.45, 7) is 3.29. The van der Waals surface area contributed by atoms with Crippen LogP contribution in [0.4, 0.5) is 5.69 Å². The van der Waals surface area contributed by atoms with Crippen molar-refractivity contribution in [3.8, 4) is 11.5 Å². The predicted octanol–water partition coefficient (Wildman–Crippen LogP) is 1.54. The maximum absolute atomic E-state index is 12.1. The minimum atomic E-state index is -0.437. The number of methoxy groups -OCH3 is 2. The number of esters is 1. The van der Waals surface area contributed by atoms with Gasteiger partial charge in [-0.3, -0.25) is 4.90 Å². The molecule has 1 aromatic carbocycles. The van der Waals surface area contributed by atoms with Crippen LogP contribution in [0.5, 0.6) is 11.5 Å². The van der Waals surface area contributed by atoms with Gasteiger partial charge in [0.15, 0.2) is 11.5 Å². The van der Waals surface area contributed by atoms with Crippen molar-refractivity contribution in [2.75, 3.05) is 46.2 Å². The molecule has 2 rings (SSSR count). The van der Waals surface area contributed by atoms with Gasteiger partial charge in [0, 0.05) is 18.7 Å². The van der Waals surface area contributed by atoms with Gasteiger partial charge in [0.2, 0.25) is 0 Å². The van der Waals surface area contributed by atoms with E-state index >= 15 is 0 Å². The van der Waals surface area contributed by atoms with Crippen molar-refractivity contribution >= 4 is 11.7 Å². The smallest absolute Gasteiger partial charge is 0.340 e. The quantitative estimate of drug-likeness (QED) is 0.633. The van der Waals surface area contributed by atoms with E-state index in [2.05, 4.69) is 4.90 Å². The van der Waals surface area contributed by atoms with Crippen molar-refractivity contribution in [2.45, 2.75) is 12.8 Å². The lowest BCUT2D eigenvalue weighted by Crippen LogP contribution is -2.25. The second-order valence-corrected chi connectivity index (χ2v) is 4.98. The van der Waals surface area contributed by atoms with Gasteiger partial charge in [-0.15, -0.1) is 0 Å². The van der Waals surface area contributed by atoms with E-state index < -0.39 is 5.97 Å². The second kappa shape index (κ2) is 7.17. The van der Waals surface area contributed by atoms with Gasteiger partial charge >= 0.3 is 5.97 Å². The van der Waals surface area contributed by atoms with Crippen LogP contribution in [0.3, 0.4) is 0 Å². The van der Waals surface area contributed by atoms with Crippen LogP contribution in [0.15, 0.2) is 12.1 Å². The number of likely N-dealkylation sites (tertiary alicyclic amines) is 1. The Morgan fingerprint density at radius 2 is 1.81 bits per heavy atom. The summed E-state index contributed by atoms with van der Waals surface area (Å²) in [7, 11) is 3.03. The van der Waals surface area contributed by atoms with E-state index in [1.165, 1.54) is 27.1 Å². The molecule has 0 bridgehead atoms. The molecule has 21 heavy (non-hydrogen) atoms. The summed E-state index contributed by atoms with van der Waals surface area (Å²) in [5.74, 6) is 0.509. The molecule has 2 N–H and O–H groups in total. The lowest BCUT2D eigenvalue weighted by atomic mass is 10.1. The molecule has 6 nitrogen and oxygen atoms in total. The molecule has 0 aromatic heterocycles. The standard InChI is InChI=1S/C15H22N2O4/c1-19-13-9-11(12(16)10-14(13)20-2)15(18)21-8-7-17-5-3-4-6-17/h9-10H,3-8,16H2,1-2H3. The number of hydrogen-bond acceptors (Lipinski definition) is 6. The summed E-state index contributed by atoms with van der Waals surface area (Å²) >= 11 is 0. The molecular formula is C15H22N2O4. The lowest BCUT2D eigenvalue weighted by Gasteiger charge is -2.15. The highest BCUT2D eigenvalue weighted by molar-refractivity contribution is 5.96.